The van der Waals surface area contributed by atoms with E-state index in [4.69, 9.17) is 23.2 Å². The minimum atomic E-state index is -0.311. The average Bonchev–Trinajstić information content (AvgIpc) is 2.25. The summed E-state index contributed by atoms with van der Waals surface area (Å²) < 4.78 is 13.9. The number of aromatic nitrogens is 1. The summed E-state index contributed by atoms with van der Waals surface area (Å²) in [6.07, 6.45) is 0. The van der Waals surface area contributed by atoms with Crippen LogP contribution in [0.15, 0.2) is 16.6 Å². The van der Waals surface area contributed by atoms with E-state index in [0.29, 0.717) is 26.1 Å². The molecule has 0 aliphatic heterocycles. The quantitative estimate of drug-likeness (QED) is 0.541. The molecule has 84 valence electrons. The summed E-state index contributed by atoms with van der Waals surface area (Å²) in [4.78, 5) is 4.23. The summed E-state index contributed by atoms with van der Waals surface area (Å²) >= 11 is 14.9. The highest BCUT2D eigenvalue weighted by Crippen LogP contribution is 2.31. The molecule has 0 N–H and O–H groups in total. The molecular formula is C11H7BrCl2FN. The van der Waals surface area contributed by atoms with Crippen LogP contribution in [0.25, 0.3) is 10.9 Å². The summed E-state index contributed by atoms with van der Waals surface area (Å²) in [5.74, 6) is -0.0568. The van der Waals surface area contributed by atoms with Crippen molar-refractivity contribution < 1.29 is 4.39 Å². The van der Waals surface area contributed by atoms with Gasteiger partial charge in [0.05, 0.1) is 15.9 Å². The number of aryl methyl sites for hydroxylation is 1. The average molecular weight is 323 g/mol. The van der Waals surface area contributed by atoms with Crippen molar-refractivity contribution in [3.63, 3.8) is 0 Å². The normalized spacial score (nSPS) is 11.1. The molecule has 1 heterocycles. The molecule has 2 aromatic rings. The Balaban J connectivity index is 2.90. The van der Waals surface area contributed by atoms with Gasteiger partial charge in [0.1, 0.15) is 11.0 Å². The number of nitrogens with zero attached hydrogens (tertiary/aromatic N) is 1. The molecule has 2 rings (SSSR count). The van der Waals surface area contributed by atoms with Gasteiger partial charge in [-0.25, -0.2) is 9.37 Å². The van der Waals surface area contributed by atoms with Gasteiger partial charge >= 0.3 is 0 Å². The minimum absolute atomic E-state index is 0.254. The van der Waals surface area contributed by atoms with Gasteiger partial charge in [-0.15, -0.1) is 11.6 Å². The molecule has 5 heteroatoms. The number of halogens is 4. The highest BCUT2D eigenvalue weighted by atomic mass is 79.9. The molecular weight excluding hydrogens is 316 g/mol. The number of alkyl halides is 1. The summed E-state index contributed by atoms with van der Waals surface area (Å²) in [5.41, 5.74) is 2.13. The first-order valence-electron chi connectivity index (χ1n) is 4.54. The van der Waals surface area contributed by atoms with Crippen molar-refractivity contribution in [2.45, 2.75) is 12.8 Å². The first-order valence-corrected chi connectivity index (χ1v) is 6.25. The Labute approximate surface area is 111 Å². The Kier molecular flexibility index (Phi) is 3.38. The molecule has 0 saturated heterocycles. The third-order valence-corrected chi connectivity index (χ3v) is 3.78. The van der Waals surface area contributed by atoms with Crippen LogP contribution >= 0.6 is 39.1 Å². The lowest BCUT2D eigenvalue weighted by Crippen LogP contribution is -1.92. The van der Waals surface area contributed by atoms with E-state index < -0.39 is 0 Å². The molecule has 16 heavy (non-hydrogen) atoms. The largest absolute Gasteiger partial charge is 0.235 e. The maximum Gasteiger partial charge on any atom is 0.138 e. The Morgan fingerprint density at radius 3 is 2.75 bits per heavy atom. The van der Waals surface area contributed by atoms with Crippen molar-refractivity contribution in [1.82, 2.24) is 4.98 Å². The van der Waals surface area contributed by atoms with E-state index >= 15 is 0 Å². The van der Waals surface area contributed by atoms with E-state index in [2.05, 4.69) is 20.9 Å². The molecule has 1 aromatic carbocycles. The van der Waals surface area contributed by atoms with E-state index in [1.165, 1.54) is 6.07 Å². The van der Waals surface area contributed by atoms with E-state index in [0.717, 1.165) is 5.56 Å². The summed E-state index contributed by atoms with van der Waals surface area (Å²) in [7, 11) is 0. The Morgan fingerprint density at radius 2 is 2.12 bits per heavy atom. The second-order valence-corrected chi connectivity index (χ2v) is 4.88. The fourth-order valence-corrected chi connectivity index (χ4v) is 2.44. The van der Waals surface area contributed by atoms with Gasteiger partial charge in [-0.05, 0) is 40.5 Å². The van der Waals surface area contributed by atoms with Crippen LogP contribution in [0.4, 0.5) is 4.39 Å². The van der Waals surface area contributed by atoms with Crippen molar-refractivity contribution in [1.29, 1.82) is 0 Å². The lowest BCUT2D eigenvalue weighted by Gasteiger charge is -2.08. The molecule has 0 amide bonds. The first-order chi connectivity index (χ1) is 7.54. The fourth-order valence-electron chi connectivity index (χ4n) is 1.54. The molecule has 0 aliphatic carbocycles. The molecule has 0 fully saturated rings. The lowest BCUT2D eigenvalue weighted by molar-refractivity contribution is 0.622. The van der Waals surface area contributed by atoms with Gasteiger partial charge in [-0.2, -0.15) is 0 Å². The maximum atomic E-state index is 13.5. The number of pyridine rings is 1. The van der Waals surface area contributed by atoms with E-state index in [9.17, 15) is 4.39 Å². The van der Waals surface area contributed by atoms with Gasteiger partial charge in [0.15, 0.2) is 0 Å². The van der Waals surface area contributed by atoms with Gasteiger partial charge in [0.25, 0.3) is 0 Å². The van der Waals surface area contributed by atoms with Gasteiger partial charge in [0, 0.05) is 10.9 Å². The van der Waals surface area contributed by atoms with Crippen LogP contribution in [0.5, 0.6) is 0 Å². The van der Waals surface area contributed by atoms with Crippen LogP contribution in [0.1, 0.15) is 11.1 Å². The zero-order chi connectivity index (χ0) is 11.9. The SMILES string of the molecule is Cc1cc(F)c(Br)c2cc(CCl)c(Cl)nc12. The van der Waals surface area contributed by atoms with E-state index in [1.54, 1.807) is 13.0 Å². The summed E-state index contributed by atoms with van der Waals surface area (Å²) in [6, 6.07) is 3.19. The van der Waals surface area contributed by atoms with Crippen LogP contribution in [-0.4, -0.2) is 4.98 Å². The van der Waals surface area contributed by atoms with E-state index in [1.807, 2.05) is 0 Å². The monoisotopic (exact) mass is 321 g/mol. The number of rotatable bonds is 1. The number of benzene rings is 1. The highest BCUT2D eigenvalue weighted by molar-refractivity contribution is 9.10. The van der Waals surface area contributed by atoms with Crippen molar-refractivity contribution >= 4 is 50.0 Å². The predicted molar refractivity (Wildman–Crippen MR) is 68.7 cm³/mol. The Hall–Kier alpha value is -0.380. The molecule has 0 radical (unpaired) electrons. The van der Waals surface area contributed by atoms with Crippen molar-refractivity contribution in [3.05, 3.63) is 38.7 Å². The Bertz CT molecular complexity index is 572. The number of hydrogen-bond donors (Lipinski definition) is 0. The smallest absolute Gasteiger partial charge is 0.138 e. The number of fused-ring (bicyclic) bond motifs is 1. The summed E-state index contributed by atoms with van der Waals surface area (Å²) in [6.45, 7) is 1.79. The molecule has 0 unspecified atom stereocenters. The summed E-state index contributed by atoms with van der Waals surface area (Å²) in [5, 5.41) is 1.06. The zero-order valence-electron chi connectivity index (χ0n) is 8.32. The fraction of sp³-hybridized carbons (Fsp3) is 0.182. The molecule has 0 saturated carbocycles. The van der Waals surface area contributed by atoms with Crippen LogP contribution in [0.2, 0.25) is 5.15 Å². The van der Waals surface area contributed by atoms with Gasteiger partial charge in [0.2, 0.25) is 0 Å². The zero-order valence-corrected chi connectivity index (χ0v) is 11.4. The van der Waals surface area contributed by atoms with Crippen LogP contribution in [0, 0.1) is 12.7 Å². The minimum Gasteiger partial charge on any atom is -0.235 e. The van der Waals surface area contributed by atoms with Crippen molar-refractivity contribution in [2.75, 3.05) is 0 Å². The van der Waals surface area contributed by atoms with Crippen LogP contribution in [-0.2, 0) is 5.88 Å². The second-order valence-electron chi connectivity index (χ2n) is 3.46. The number of hydrogen-bond acceptors (Lipinski definition) is 1. The molecule has 0 atom stereocenters. The lowest BCUT2D eigenvalue weighted by atomic mass is 10.1. The third kappa shape index (κ3) is 1.92. The molecule has 0 spiro atoms. The van der Waals surface area contributed by atoms with Crippen LogP contribution in [0.3, 0.4) is 0 Å². The van der Waals surface area contributed by atoms with E-state index in [-0.39, 0.29) is 11.7 Å². The van der Waals surface area contributed by atoms with Crippen molar-refractivity contribution in [2.24, 2.45) is 0 Å². The maximum absolute atomic E-state index is 13.5. The molecule has 1 aromatic heterocycles. The third-order valence-electron chi connectivity index (χ3n) is 2.36. The highest BCUT2D eigenvalue weighted by Gasteiger charge is 2.12. The molecule has 0 bridgehead atoms. The van der Waals surface area contributed by atoms with Gasteiger partial charge in [-0.1, -0.05) is 11.6 Å². The van der Waals surface area contributed by atoms with Crippen LogP contribution < -0.4 is 0 Å². The second kappa shape index (κ2) is 4.47. The van der Waals surface area contributed by atoms with Gasteiger partial charge in [-0.3, -0.25) is 0 Å². The van der Waals surface area contributed by atoms with Crippen molar-refractivity contribution in [3.8, 4) is 0 Å². The standard InChI is InChI=1S/C11H7BrCl2FN/c1-5-2-8(15)9(12)7-3-6(4-13)11(14)16-10(5)7/h2-3H,4H2,1H3. The first kappa shape index (κ1) is 12.1. The Morgan fingerprint density at radius 1 is 1.44 bits per heavy atom. The van der Waals surface area contributed by atoms with Gasteiger partial charge < -0.3 is 0 Å². The molecule has 1 nitrogen and oxygen atoms in total. The predicted octanol–water partition coefficient (Wildman–Crippen LogP) is 4.84. The topological polar surface area (TPSA) is 12.9 Å². The molecule has 0 aliphatic rings.